The zero-order valence-electron chi connectivity index (χ0n) is 14.7. The van der Waals surface area contributed by atoms with E-state index in [0.29, 0.717) is 18.7 Å². The topological polar surface area (TPSA) is 72.5 Å². The van der Waals surface area contributed by atoms with Crippen LogP contribution in [0.2, 0.25) is 0 Å². The highest BCUT2D eigenvalue weighted by Crippen LogP contribution is 2.31. The van der Waals surface area contributed by atoms with E-state index in [4.69, 9.17) is 0 Å². The molecule has 1 heterocycles. The number of benzene rings is 2. The molecule has 29 heavy (non-hydrogen) atoms. The molecule has 0 radical (unpaired) electrons. The number of hydrogen-bond donors (Lipinski definition) is 1. The van der Waals surface area contributed by atoms with Crippen molar-refractivity contribution in [1.82, 2.24) is 5.32 Å². The van der Waals surface area contributed by atoms with E-state index in [9.17, 15) is 35.2 Å². The fourth-order valence-corrected chi connectivity index (χ4v) is 3.85. The number of carbonyl (C=O) groups is 1. The monoisotopic (exact) mass is 433 g/mol. The van der Waals surface area contributed by atoms with Gasteiger partial charge in [-0.1, -0.05) is 12.1 Å². The Balaban J connectivity index is 2.00. The van der Waals surface area contributed by atoms with Crippen LogP contribution in [0, 0.1) is 29.1 Å². The van der Waals surface area contributed by atoms with E-state index in [2.05, 4.69) is 10.1 Å². The van der Waals surface area contributed by atoms with Crippen LogP contribution in [-0.2, 0) is 9.84 Å². The summed E-state index contributed by atoms with van der Waals surface area (Å²) < 4.78 is 95.6. The van der Waals surface area contributed by atoms with Gasteiger partial charge < -0.3 is 10.1 Å². The SMILES string of the molecule is CS(=O)(=O)C(=C1CCN1)c1cccc(C(=O)Oc2c(F)c(F)c(F)c(F)c2F)c1. The van der Waals surface area contributed by atoms with Gasteiger partial charge in [0.15, 0.2) is 9.84 Å². The van der Waals surface area contributed by atoms with Crippen molar-refractivity contribution >= 4 is 20.7 Å². The molecule has 5 nitrogen and oxygen atoms in total. The number of nitrogens with one attached hydrogen (secondary N) is 1. The van der Waals surface area contributed by atoms with Gasteiger partial charge in [0.05, 0.1) is 10.5 Å². The van der Waals surface area contributed by atoms with E-state index in [1.54, 1.807) is 0 Å². The smallest absolute Gasteiger partial charge is 0.343 e. The normalized spacial score (nSPS) is 15.4. The molecule has 0 bridgehead atoms. The highest BCUT2D eigenvalue weighted by atomic mass is 32.2. The minimum absolute atomic E-state index is 0.0744. The Hall–Kier alpha value is -2.95. The zero-order chi connectivity index (χ0) is 21.5. The summed E-state index contributed by atoms with van der Waals surface area (Å²) in [6.07, 6.45) is 1.43. The second kappa shape index (κ2) is 7.47. The Morgan fingerprint density at radius 3 is 1.97 bits per heavy atom. The van der Waals surface area contributed by atoms with Gasteiger partial charge in [-0.3, -0.25) is 0 Å². The van der Waals surface area contributed by atoms with Gasteiger partial charge >= 0.3 is 5.97 Å². The summed E-state index contributed by atoms with van der Waals surface area (Å²) in [6.45, 7) is 0.566. The lowest BCUT2D eigenvalue weighted by molar-refractivity contribution is 0.0716. The molecule has 2 aromatic rings. The van der Waals surface area contributed by atoms with E-state index < -0.39 is 50.6 Å². The highest BCUT2D eigenvalue weighted by Gasteiger charge is 2.29. The Labute approximate surface area is 161 Å². The summed E-state index contributed by atoms with van der Waals surface area (Å²) in [4.78, 5) is 12.2. The second-order valence-corrected chi connectivity index (χ2v) is 8.08. The number of rotatable bonds is 4. The number of carbonyl (C=O) groups excluding carboxylic acids is 1. The lowest BCUT2D eigenvalue weighted by Gasteiger charge is -2.24. The maximum atomic E-state index is 13.7. The summed E-state index contributed by atoms with van der Waals surface area (Å²) in [6, 6.07) is 4.89. The fourth-order valence-electron chi connectivity index (χ4n) is 2.67. The molecular weight excluding hydrogens is 421 g/mol. The van der Waals surface area contributed by atoms with Crippen LogP contribution in [0.3, 0.4) is 0 Å². The van der Waals surface area contributed by atoms with Crippen LogP contribution in [-0.4, -0.2) is 27.2 Å². The van der Waals surface area contributed by atoms with Crippen molar-refractivity contribution in [2.45, 2.75) is 6.42 Å². The minimum atomic E-state index is -3.70. The molecule has 1 aliphatic rings. The van der Waals surface area contributed by atoms with Crippen LogP contribution < -0.4 is 10.1 Å². The molecular formula is C18H12F5NO4S. The zero-order valence-corrected chi connectivity index (χ0v) is 15.5. The summed E-state index contributed by atoms with van der Waals surface area (Å²) in [7, 11) is -3.70. The van der Waals surface area contributed by atoms with Gasteiger partial charge in [-0.2, -0.15) is 8.78 Å². The van der Waals surface area contributed by atoms with Gasteiger partial charge in [-0.05, 0) is 17.7 Å². The first-order valence-electron chi connectivity index (χ1n) is 8.03. The Kier molecular flexibility index (Phi) is 5.35. The molecule has 0 spiro atoms. The quantitative estimate of drug-likeness (QED) is 0.263. The maximum absolute atomic E-state index is 13.7. The van der Waals surface area contributed by atoms with Crippen LogP contribution in [0.4, 0.5) is 22.0 Å². The Bertz CT molecular complexity index is 1130. The Morgan fingerprint density at radius 2 is 1.48 bits per heavy atom. The first-order chi connectivity index (χ1) is 13.5. The summed E-state index contributed by atoms with van der Waals surface area (Å²) in [5.41, 5.74) is 0.173. The third-order valence-corrected chi connectivity index (χ3v) is 5.31. The number of ether oxygens (including phenoxy) is 1. The van der Waals surface area contributed by atoms with Crippen molar-refractivity contribution in [3.8, 4) is 5.75 Å². The van der Waals surface area contributed by atoms with Crippen molar-refractivity contribution < 1.29 is 39.9 Å². The molecule has 0 aromatic heterocycles. The molecule has 1 N–H and O–H groups in total. The van der Waals surface area contributed by atoms with Gasteiger partial charge in [0.1, 0.15) is 0 Å². The van der Waals surface area contributed by atoms with Gasteiger partial charge in [-0.15, -0.1) is 0 Å². The van der Waals surface area contributed by atoms with Crippen LogP contribution in [0.15, 0.2) is 30.0 Å². The average Bonchev–Trinajstić information content (AvgIpc) is 2.63. The largest absolute Gasteiger partial charge is 0.416 e. The third kappa shape index (κ3) is 3.82. The molecule has 11 heteroatoms. The van der Waals surface area contributed by atoms with Crippen molar-refractivity contribution in [2.75, 3.05) is 12.8 Å². The molecule has 3 rings (SSSR count). The molecule has 1 saturated heterocycles. The number of hydrogen-bond acceptors (Lipinski definition) is 5. The minimum Gasteiger partial charge on any atom is -0.416 e. The third-order valence-electron chi connectivity index (χ3n) is 4.08. The standard InChI is InChI=1S/C18H12F5NO4S/c1-29(26,27)17(10-5-6-24-10)8-3-2-4-9(7-8)18(25)28-16-14(22)12(20)11(19)13(21)15(16)23/h2-4,7,24H,5-6H2,1H3. The first-order valence-corrected chi connectivity index (χ1v) is 9.92. The average molecular weight is 433 g/mol. The van der Waals surface area contributed by atoms with E-state index in [-0.39, 0.29) is 16.0 Å². The van der Waals surface area contributed by atoms with Crippen LogP contribution in [0.1, 0.15) is 22.3 Å². The van der Waals surface area contributed by atoms with Gasteiger partial charge in [0, 0.05) is 24.9 Å². The maximum Gasteiger partial charge on any atom is 0.343 e. The second-order valence-electron chi connectivity index (χ2n) is 6.13. The molecule has 0 amide bonds. The Morgan fingerprint density at radius 1 is 0.966 bits per heavy atom. The van der Waals surface area contributed by atoms with Crippen molar-refractivity contribution in [1.29, 1.82) is 0 Å². The number of esters is 1. The molecule has 1 aliphatic heterocycles. The highest BCUT2D eigenvalue weighted by molar-refractivity contribution is 8.00. The summed E-state index contributed by atoms with van der Waals surface area (Å²) in [5, 5.41) is 2.84. The number of sulfone groups is 1. The lowest BCUT2D eigenvalue weighted by Crippen LogP contribution is -2.30. The van der Waals surface area contributed by atoms with Crippen LogP contribution in [0.5, 0.6) is 5.75 Å². The fraction of sp³-hybridized carbons (Fsp3) is 0.167. The van der Waals surface area contributed by atoms with Crippen LogP contribution in [0.25, 0.3) is 4.91 Å². The first kappa shape index (κ1) is 20.8. The van der Waals surface area contributed by atoms with Crippen LogP contribution >= 0.6 is 0 Å². The predicted molar refractivity (Wildman–Crippen MR) is 92.0 cm³/mol. The lowest BCUT2D eigenvalue weighted by atomic mass is 10.1. The molecule has 154 valence electrons. The molecule has 0 aliphatic carbocycles. The van der Waals surface area contributed by atoms with Gasteiger partial charge in [0.2, 0.25) is 34.8 Å². The summed E-state index contributed by atoms with van der Waals surface area (Å²) in [5.74, 6) is -14.7. The predicted octanol–water partition coefficient (Wildman–Crippen LogP) is 3.31. The molecule has 2 aromatic carbocycles. The van der Waals surface area contributed by atoms with E-state index in [1.165, 1.54) is 12.1 Å². The van der Waals surface area contributed by atoms with E-state index in [0.717, 1.165) is 18.4 Å². The van der Waals surface area contributed by atoms with E-state index in [1.807, 2.05) is 0 Å². The number of halogens is 5. The van der Waals surface area contributed by atoms with Gasteiger partial charge in [-0.25, -0.2) is 26.4 Å². The molecule has 1 fully saturated rings. The van der Waals surface area contributed by atoms with Crippen molar-refractivity contribution in [3.63, 3.8) is 0 Å². The molecule has 0 atom stereocenters. The van der Waals surface area contributed by atoms with E-state index >= 15 is 0 Å². The molecule has 0 saturated carbocycles. The van der Waals surface area contributed by atoms with Crippen molar-refractivity contribution in [2.24, 2.45) is 0 Å². The van der Waals surface area contributed by atoms with Gasteiger partial charge in [0.25, 0.3) is 0 Å². The summed E-state index contributed by atoms with van der Waals surface area (Å²) >= 11 is 0. The van der Waals surface area contributed by atoms with Crippen molar-refractivity contribution in [3.05, 3.63) is 70.2 Å². The molecule has 0 unspecified atom stereocenters.